The average molecular weight is 536 g/mol. The Morgan fingerprint density at radius 3 is 2.38 bits per heavy atom. The Labute approximate surface area is 228 Å². The molecule has 1 aliphatic carbocycles. The van der Waals surface area contributed by atoms with Gasteiger partial charge in [0, 0.05) is 56.5 Å². The van der Waals surface area contributed by atoms with Gasteiger partial charge in [0.25, 0.3) is 5.91 Å². The molecule has 3 amide bonds. The van der Waals surface area contributed by atoms with Gasteiger partial charge in [0.2, 0.25) is 11.8 Å². The van der Waals surface area contributed by atoms with Crippen LogP contribution in [0.15, 0.2) is 42.7 Å². The first-order valence-corrected chi connectivity index (χ1v) is 13.4. The Kier molecular flexibility index (Phi) is 8.52. The molecule has 10 heteroatoms. The lowest BCUT2D eigenvalue weighted by Gasteiger charge is -2.38. The highest BCUT2D eigenvalue weighted by Crippen LogP contribution is 2.34. The Balaban J connectivity index is 1.52. The van der Waals surface area contributed by atoms with Crippen LogP contribution in [0.5, 0.6) is 0 Å². The number of benzene rings is 1. The Hall–Kier alpha value is -3.95. The van der Waals surface area contributed by atoms with E-state index in [1.165, 1.54) is 6.20 Å². The summed E-state index contributed by atoms with van der Waals surface area (Å²) in [6.07, 6.45) is 5.00. The van der Waals surface area contributed by atoms with Crippen molar-refractivity contribution < 1.29 is 24.3 Å². The summed E-state index contributed by atoms with van der Waals surface area (Å²) in [5.41, 5.74) is 2.14. The molecule has 208 valence electrons. The maximum atomic E-state index is 13.2. The summed E-state index contributed by atoms with van der Waals surface area (Å²) < 4.78 is 0. The number of carbonyl (C=O) groups is 4. The molecule has 10 nitrogen and oxygen atoms in total. The zero-order valence-electron chi connectivity index (χ0n) is 22.8. The zero-order valence-corrected chi connectivity index (χ0v) is 22.8. The van der Waals surface area contributed by atoms with Crippen LogP contribution in [0.25, 0.3) is 0 Å². The largest absolute Gasteiger partial charge is 0.481 e. The van der Waals surface area contributed by atoms with Crippen molar-refractivity contribution in [3.8, 4) is 0 Å². The maximum Gasteiger partial charge on any atom is 0.305 e. The van der Waals surface area contributed by atoms with Crippen LogP contribution in [0.3, 0.4) is 0 Å². The molecule has 1 saturated heterocycles. The number of amides is 3. The van der Waals surface area contributed by atoms with Crippen LogP contribution >= 0.6 is 0 Å². The van der Waals surface area contributed by atoms with Crippen LogP contribution in [0, 0.1) is 11.3 Å². The van der Waals surface area contributed by atoms with Crippen LogP contribution in [0.4, 0.5) is 11.4 Å². The summed E-state index contributed by atoms with van der Waals surface area (Å²) in [6.45, 7) is 8.52. The first-order valence-electron chi connectivity index (χ1n) is 13.4. The van der Waals surface area contributed by atoms with Crippen molar-refractivity contribution in [1.82, 2.24) is 15.2 Å². The van der Waals surface area contributed by atoms with E-state index in [2.05, 4.69) is 20.5 Å². The molecular weight excluding hydrogens is 498 g/mol. The van der Waals surface area contributed by atoms with E-state index in [1.807, 2.05) is 25.7 Å². The molecule has 1 aliphatic heterocycles. The van der Waals surface area contributed by atoms with Gasteiger partial charge in [-0.15, -0.1) is 0 Å². The molecule has 2 heterocycles. The second kappa shape index (κ2) is 11.8. The van der Waals surface area contributed by atoms with Crippen LogP contribution < -0.4 is 15.5 Å². The monoisotopic (exact) mass is 535 g/mol. The summed E-state index contributed by atoms with van der Waals surface area (Å²) in [6, 6.07) is 7.77. The average Bonchev–Trinajstić information content (AvgIpc) is 3.73. The molecule has 2 fully saturated rings. The van der Waals surface area contributed by atoms with Gasteiger partial charge in [-0.2, -0.15) is 0 Å². The van der Waals surface area contributed by atoms with E-state index in [0.717, 1.165) is 18.5 Å². The summed E-state index contributed by atoms with van der Waals surface area (Å²) in [5, 5.41) is 15.2. The number of rotatable bonds is 9. The Morgan fingerprint density at radius 2 is 1.79 bits per heavy atom. The fraction of sp³-hybridized carbons (Fsp3) is 0.483. The summed E-state index contributed by atoms with van der Waals surface area (Å²) in [5.74, 6) is -1.45. The highest BCUT2D eigenvalue weighted by molar-refractivity contribution is 6.01. The molecule has 2 aromatic rings. The van der Waals surface area contributed by atoms with E-state index in [9.17, 15) is 24.3 Å². The quantitative estimate of drug-likeness (QED) is 0.448. The summed E-state index contributed by atoms with van der Waals surface area (Å²) in [7, 11) is 0. The summed E-state index contributed by atoms with van der Waals surface area (Å²) in [4.78, 5) is 58.1. The summed E-state index contributed by atoms with van der Waals surface area (Å²) >= 11 is 0. The van der Waals surface area contributed by atoms with Crippen molar-refractivity contribution in [2.45, 2.75) is 52.5 Å². The van der Waals surface area contributed by atoms with E-state index >= 15 is 0 Å². The molecule has 39 heavy (non-hydrogen) atoms. The van der Waals surface area contributed by atoms with Crippen molar-refractivity contribution in [3.63, 3.8) is 0 Å². The standard InChI is InChI=1S/C29H37N5O5/c1-29(2,3)17-25(35)34-13-11-33(12-14-34)24-9-8-20(15-23(24)32-27(38)19-6-7-19)28(39)31-22(16-26(36)37)21-5-4-10-30-18-21/h4-5,8-10,15,18-19,22H,6-7,11-14,16-17H2,1-3H3,(H,31,39)(H,32,38)(H,36,37). The van der Waals surface area contributed by atoms with Gasteiger partial charge in [0.1, 0.15) is 0 Å². The molecule has 1 atom stereocenters. The van der Waals surface area contributed by atoms with Gasteiger partial charge in [0.05, 0.1) is 23.8 Å². The minimum absolute atomic E-state index is 0.0206. The third kappa shape index (κ3) is 7.78. The number of pyridine rings is 1. The number of nitrogens with zero attached hydrogens (tertiary/aromatic N) is 3. The van der Waals surface area contributed by atoms with Gasteiger partial charge in [-0.25, -0.2) is 0 Å². The second-order valence-corrected chi connectivity index (χ2v) is 11.5. The topological polar surface area (TPSA) is 132 Å². The maximum absolute atomic E-state index is 13.2. The highest BCUT2D eigenvalue weighted by Gasteiger charge is 2.31. The van der Waals surface area contributed by atoms with Crippen molar-refractivity contribution in [2.24, 2.45) is 11.3 Å². The van der Waals surface area contributed by atoms with Crippen molar-refractivity contribution in [3.05, 3.63) is 53.9 Å². The van der Waals surface area contributed by atoms with E-state index in [-0.39, 0.29) is 29.6 Å². The lowest BCUT2D eigenvalue weighted by Crippen LogP contribution is -2.49. The van der Waals surface area contributed by atoms with Gasteiger partial charge in [-0.3, -0.25) is 24.2 Å². The molecule has 4 rings (SSSR count). The SMILES string of the molecule is CC(C)(C)CC(=O)N1CCN(c2ccc(C(=O)NC(CC(=O)O)c3cccnc3)cc2NC(=O)C2CC2)CC1. The normalized spacial score (nSPS) is 16.4. The third-order valence-corrected chi connectivity index (χ3v) is 6.89. The first kappa shape index (κ1) is 28.1. The van der Waals surface area contributed by atoms with E-state index < -0.39 is 17.9 Å². The number of carboxylic acids is 1. The predicted octanol–water partition coefficient (Wildman–Crippen LogP) is 3.46. The zero-order chi connectivity index (χ0) is 28.2. The van der Waals surface area contributed by atoms with Crippen LogP contribution in [-0.2, 0) is 14.4 Å². The smallest absolute Gasteiger partial charge is 0.305 e. The van der Waals surface area contributed by atoms with E-state index in [0.29, 0.717) is 49.4 Å². The Bertz CT molecular complexity index is 1210. The Morgan fingerprint density at radius 1 is 1.08 bits per heavy atom. The van der Waals surface area contributed by atoms with Gasteiger partial charge in [-0.05, 0) is 48.1 Å². The fourth-order valence-electron chi connectivity index (χ4n) is 4.65. The first-order chi connectivity index (χ1) is 18.5. The van der Waals surface area contributed by atoms with Crippen molar-refractivity contribution in [2.75, 3.05) is 36.4 Å². The molecule has 1 saturated carbocycles. The highest BCUT2D eigenvalue weighted by atomic mass is 16.4. The van der Waals surface area contributed by atoms with Gasteiger partial charge < -0.3 is 25.5 Å². The van der Waals surface area contributed by atoms with Crippen LogP contribution in [0.2, 0.25) is 0 Å². The lowest BCUT2D eigenvalue weighted by molar-refractivity contribution is -0.137. The molecule has 3 N–H and O–H groups in total. The van der Waals surface area contributed by atoms with E-state index in [4.69, 9.17) is 0 Å². The van der Waals surface area contributed by atoms with Crippen LogP contribution in [-0.4, -0.2) is 64.9 Å². The number of carboxylic acid groups (broad SMARTS) is 1. The molecule has 0 bridgehead atoms. The molecule has 1 aromatic carbocycles. The predicted molar refractivity (Wildman–Crippen MR) is 147 cm³/mol. The molecule has 1 unspecified atom stereocenters. The molecular formula is C29H37N5O5. The fourth-order valence-corrected chi connectivity index (χ4v) is 4.65. The second-order valence-electron chi connectivity index (χ2n) is 11.5. The van der Waals surface area contributed by atoms with Gasteiger partial charge in [-0.1, -0.05) is 26.8 Å². The van der Waals surface area contributed by atoms with Crippen LogP contribution in [0.1, 0.15) is 68.4 Å². The van der Waals surface area contributed by atoms with E-state index in [1.54, 1.807) is 36.5 Å². The lowest BCUT2D eigenvalue weighted by atomic mass is 9.91. The number of nitrogens with one attached hydrogen (secondary N) is 2. The minimum atomic E-state index is -1.04. The number of hydrogen-bond acceptors (Lipinski definition) is 6. The molecule has 2 aliphatic rings. The minimum Gasteiger partial charge on any atom is -0.481 e. The molecule has 1 aromatic heterocycles. The number of aromatic nitrogens is 1. The number of aliphatic carboxylic acids is 1. The molecule has 0 radical (unpaired) electrons. The molecule has 0 spiro atoms. The third-order valence-electron chi connectivity index (χ3n) is 6.89. The number of carbonyl (C=O) groups excluding carboxylic acids is 3. The van der Waals surface area contributed by atoms with Crippen molar-refractivity contribution >= 4 is 35.1 Å². The number of hydrogen-bond donors (Lipinski definition) is 3. The van der Waals surface area contributed by atoms with Crippen molar-refractivity contribution in [1.29, 1.82) is 0 Å². The van der Waals surface area contributed by atoms with Gasteiger partial charge >= 0.3 is 5.97 Å². The number of anilines is 2. The number of piperazine rings is 1. The van der Waals surface area contributed by atoms with Gasteiger partial charge in [0.15, 0.2) is 0 Å².